The van der Waals surface area contributed by atoms with E-state index in [9.17, 15) is 9.18 Å². The topological polar surface area (TPSA) is 59.3 Å². The summed E-state index contributed by atoms with van der Waals surface area (Å²) < 4.78 is 14.7. The van der Waals surface area contributed by atoms with Gasteiger partial charge in [-0.2, -0.15) is 0 Å². The van der Waals surface area contributed by atoms with Crippen molar-refractivity contribution in [1.82, 2.24) is 19.7 Å². The van der Waals surface area contributed by atoms with Crippen molar-refractivity contribution in [3.8, 4) is 11.3 Å². The Morgan fingerprint density at radius 3 is 2.62 bits per heavy atom. The van der Waals surface area contributed by atoms with Gasteiger partial charge >= 0.3 is 0 Å². The Morgan fingerprint density at radius 2 is 1.85 bits per heavy atom. The summed E-state index contributed by atoms with van der Waals surface area (Å²) in [6.45, 7) is 0.291. The summed E-state index contributed by atoms with van der Waals surface area (Å²) >= 11 is 0. The van der Waals surface area contributed by atoms with Crippen LogP contribution < -0.4 is 5.32 Å². The van der Waals surface area contributed by atoms with E-state index < -0.39 is 0 Å². The number of carbonyl (C=O) groups excluding carboxylic acids is 1. The molecule has 26 heavy (non-hydrogen) atoms. The zero-order valence-electron chi connectivity index (χ0n) is 13.8. The van der Waals surface area contributed by atoms with Gasteiger partial charge in [0.2, 0.25) is 5.82 Å². The highest BCUT2D eigenvalue weighted by molar-refractivity contribution is 5.94. The molecule has 2 aromatic carbocycles. The third kappa shape index (κ3) is 3.04. The number of amides is 1. The number of imidazole rings is 1. The Balaban J connectivity index is 1.65. The highest BCUT2D eigenvalue weighted by Gasteiger charge is 2.18. The van der Waals surface area contributed by atoms with Crippen molar-refractivity contribution < 1.29 is 9.18 Å². The Bertz CT molecular complexity index is 1060. The maximum atomic E-state index is 13.0. The molecule has 0 radical (unpaired) electrons. The highest BCUT2D eigenvalue weighted by atomic mass is 19.1. The fourth-order valence-corrected chi connectivity index (χ4v) is 2.77. The van der Waals surface area contributed by atoms with E-state index in [1.807, 2.05) is 30.3 Å². The third-order valence-corrected chi connectivity index (χ3v) is 4.06. The van der Waals surface area contributed by atoms with Crippen LogP contribution in [0.25, 0.3) is 16.8 Å². The molecule has 0 aliphatic heterocycles. The predicted molar refractivity (Wildman–Crippen MR) is 96.0 cm³/mol. The number of carbonyl (C=O) groups is 1. The van der Waals surface area contributed by atoms with E-state index in [1.165, 1.54) is 12.1 Å². The Morgan fingerprint density at radius 1 is 1.08 bits per heavy atom. The fraction of sp³-hybridized carbons (Fsp3) is 0.0500. The van der Waals surface area contributed by atoms with Crippen LogP contribution in [-0.4, -0.2) is 20.3 Å². The van der Waals surface area contributed by atoms with Crippen molar-refractivity contribution >= 4 is 11.4 Å². The van der Waals surface area contributed by atoms with Crippen molar-refractivity contribution in [2.45, 2.75) is 6.54 Å². The minimum atomic E-state index is -0.308. The summed E-state index contributed by atoms with van der Waals surface area (Å²) in [7, 11) is 0. The lowest BCUT2D eigenvalue weighted by Gasteiger charge is -2.04. The van der Waals surface area contributed by atoms with E-state index in [-0.39, 0.29) is 17.5 Å². The minimum Gasteiger partial charge on any atom is -0.345 e. The van der Waals surface area contributed by atoms with Gasteiger partial charge in [0.05, 0.1) is 17.4 Å². The highest BCUT2D eigenvalue weighted by Crippen LogP contribution is 2.24. The number of hydrogen-bond donors (Lipinski definition) is 1. The van der Waals surface area contributed by atoms with Crippen LogP contribution in [0, 0.1) is 5.82 Å². The molecule has 1 amide bonds. The molecule has 0 aliphatic rings. The molecule has 0 saturated carbocycles. The summed E-state index contributed by atoms with van der Waals surface area (Å²) in [5, 5.41) is 2.83. The number of benzene rings is 2. The van der Waals surface area contributed by atoms with Gasteiger partial charge in [-0.05, 0) is 17.7 Å². The second-order valence-corrected chi connectivity index (χ2v) is 5.79. The quantitative estimate of drug-likeness (QED) is 0.616. The number of nitrogens with zero attached hydrogens (tertiary/aromatic N) is 3. The molecule has 0 unspecified atom stereocenters. The van der Waals surface area contributed by atoms with Crippen LogP contribution in [0.5, 0.6) is 0 Å². The Kier molecular flexibility index (Phi) is 4.15. The Labute approximate surface area is 149 Å². The first-order chi connectivity index (χ1) is 12.7. The molecule has 4 rings (SSSR count). The van der Waals surface area contributed by atoms with Gasteiger partial charge in [0.15, 0.2) is 0 Å². The SMILES string of the molecule is O=C(NCc1ccc(F)cc1)c1nc(-c2ccccc2)c2cnccn12. The van der Waals surface area contributed by atoms with Gasteiger partial charge in [0.25, 0.3) is 5.91 Å². The monoisotopic (exact) mass is 346 g/mol. The smallest absolute Gasteiger partial charge is 0.287 e. The largest absolute Gasteiger partial charge is 0.345 e. The molecule has 0 spiro atoms. The summed E-state index contributed by atoms with van der Waals surface area (Å²) in [6.07, 6.45) is 5.01. The van der Waals surface area contributed by atoms with E-state index in [1.54, 1.807) is 35.1 Å². The molecule has 1 N–H and O–H groups in total. The van der Waals surface area contributed by atoms with Crippen LogP contribution in [-0.2, 0) is 6.54 Å². The van der Waals surface area contributed by atoms with Gasteiger partial charge in [-0.3, -0.25) is 14.2 Å². The molecular weight excluding hydrogens is 331 g/mol. The first-order valence-electron chi connectivity index (χ1n) is 8.12. The van der Waals surface area contributed by atoms with Gasteiger partial charge in [-0.1, -0.05) is 42.5 Å². The number of aromatic nitrogens is 3. The van der Waals surface area contributed by atoms with Crippen molar-refractivity contribution in [2.75, 3.05) is 0 Å². The Hall–Kier alpha value is -3.54. The van der Waals surface area contributed by atoms with Crippen molar-refractivity contribution in [3.05, 3.63) is 90.4 Å². The van der Waals surface area contributed by atoms with Crippen molar-refractivity contribution in [1.29, 1.82) is 0 Å². The van der Waals surface area contributed by atoms with E-state index in [0.29, 0.717) is 12.2 Å². The lowest BCUT2D eigenvalue weighted by atomic mass is 10.1. The van der Waals surface area contributed by atoms with E-state index in [4.69, 9.17) is 0 Å². The van der Waals surface area contributed by atoms with E-state index in [0.717, 1.165) is 16.6 Å². The standard InChI is InChI=1S/C20H15FN4O/c21-16-8-6-14(7-9-16)12-23-20(26)19-24-18(15-4-2-1-3-5-15)17-13-22-10-11-25(17)19/h1-11,13H,12H2,(H,23,26). The molecule has 0 saturated heterocycles. The number of fused-ring (bicyclic) bond motifs is 1. The second-order valence-electron chi connectivity index (χ2n) is 5.79. The van der Waals surface area contributed by atoms with Gasteiger partial charge in [-0.25, -0.2) is 9.37 Å². The molecule has 0 bridgehead atoms. The molecule has 0 aliphatic carbocycles. The number of rotatable bonds is 4. The van der Waals surface area contributed by atoms with Crippen LogP contribution in [0.1, 0.15) is 16.2 Å². The van der Waals surface area contributed by atoms with E-state index in [2.05, 4.69) is 15.3 Å². The minimum absolute atomic E-state index is 0.281. The number of nitrogens with one attached hydrogen (secondary N) is 1. The van der Waals surface area contributed by atoms with Crippen LogP contribution in [0.4, 0.5) is 4.39 Å². The summed E-state index contributed by atoms with van der Waals surface area (Å²) in [4.78, 5) is 21.3. The summed E-state index contributed by atoms with van der Waals surface area (Å²) in [5.74, 6) is -0.333. The van der Waals surface area contributed by atoms with Crippen LogP contribution in [0.15, 0.2) is 73.2 Å². The molecule has 128 valence electrons. The molecule has 0 atom stereocenters. The first kappa shape index (κ1) is 16.0. The van der Waals surface area contributed by atoms with Gasteiger partial charge < -0.3 is 5.32 Å². The maximum Gasteiger partial charge on any atom is 0.287 e. The second kappa shape index (κ2) is 6.76. The molecule has 2 heterocycles. The molecule has 5 nitrogen and oxygen atoms in total. The van der Waals surface area contributed by atoms with Gasteiger partial charge in [0, 0.05) is 24.5 Å². The zero-order chi connectivity index (χ0) is 17.9. The predicted octanol–water partition coefficient (Wildman–Crippen LogP) is 3.47. The summed E-state index contributed by atoms with van der Waals surface area (Å²) in [5.41, 5.74) is 3.18. The first-order valence-corrected chi connectivity index (χ1v) is 8.12. The molecule has 2 aromatic heterocycles. The van der Waals surface area contributed by atoms with Crippen LogP contribution >= 0.6 is 0 Å². The van der Waals surface area contributed by atoms with E-state index >= 15 is 0 Å². The molecule has 6 heteroatoms. The fourth-order valence-electron chi connectivity index (χ4n) is 2.77. The van der Waals surface area contributed by atoms with Crippen molar-refractivity contribution in [2.24, 2.45) is 0 Å². The molecule has 0 fully saturated rings. The number of hydrogen-bond acceptors (Lipinski definition) is 3. The normalized spacial score (nSPS) is 10.8. The average molecular weight is 346 g/mol. The van der Waals surface area contributed by atoms with Crippen LogP contribution in [0.2, 0.25) is 0 Å². The lowest BCUT2D eigenvalue weighted by Crippen LogP contribution is -2.25. The molecular formula is C20H15FN4O. The van der Waals surface area contributed by atoms with Crippen molar-refractivity contribution in [3.63, 3.8) is 0 Å². The third-order valence-electron chi connectivity index (χ3n) is 4.06. The lowest BCUT2D eigenvalue weighted by molar-refractivity contribution is 0.0940. The average Bonchev–Trinajstić information content (AvgIpc) is 3.08. The maximum absolute atomic E-state index is 13.0. The summed E-state index contributed by atoms with van der Waals surface area (Å²) in [6, 6.07) is 15.7. The van der Waals surface area contributed by atoms with Crippen LogP contribution in [0.3, 0.4) is 0 Å². The number of halogens is 1. The van der Waals surface area contributed by atoms with Gasteiger partial charge in [-0.15, -0.1) is 0 Å². The molecule has 4 aromatic rings. The zero-order valence-corrected chi connectivity index (χ0v) is 13.8. The van der Waals surface area contributed by atoms with Gasteiger partial charge in [0.1, 0.15) is 5.82 Å².